The first-order chi connectivity index (χ1) is 16.2. The molecule has 1 fully saturated rings. The van der Waals surface area contributed by atoms with Crippen molar-refractivity contribution in [2.75, 3.05) is 13.2 Å². The van der Waals surface area contributed by atoms with Crippen LogP contribution in [0.1, 0.15) is 22.5 Å². The number of carbonyl (C=O) groups is 2. The van der Waals surface area contributed by atoms with Crippen molar-refractivity contribution in [3.8, 4) is 17.1 Å². The second-order valence-electron chi connectivity index (χ2n) is 7.89. The largest absolute Gasteiger partial charge is 0.492 e. The number of nitro groups is 1. The summed E-state index contributed by atoms with van der Waals surface area (Å²) < 4.78 is 11.4. The van der Waals surface area contributed by atoms with Crippen molar-refractivity contribution < 1.29 is 23.7 Å². The van der Waals surface area contributed by atoms with Crippen LogP contribution in [0.4, 0.5) is 10.5 Å². The zero-order valence-electron chi connectivity index (χ0n) is 18.9. The predicted octanol–water partition coefficient (Wildman–Crippen LogP) is 5.90. The molecule has 2 amide bonds. The van der Waals surface area contributed by atoms with Gasteiger partial charge in [0.1, 0.15) is 23.9 Å². The van der Waals surface area contributed by atoms with Crippen LogP contribution in [-0.4, -0.2) is 34.1 Å². The molecule has 8 nitrogen and oxygen atoms in total. The van der Waals surface area contributed by atoms with Gasteiger partial charge in [-0.25, -0.2) is 0 Å². The van der Waals surface area contributed by atoms with Gasteiger partial charge in [-0.15, -0.1) is 0 Å². The summed E-state index contributed by atoms with van der Waals surface area (Å²) in [5.41, 5.74) is 3.06. The summed E-state index contributed by atoms with van der Waals surface area (Å²) in [5.74, 6) is 1.06. The molecule has 1 aliphatic rings. The number of aryl methyl sites for hydroxylation is 2. The van der Waals surface area contributed by atoms with E-state index in [1.54, 1.807) is 26.0 Å². The molecule has 0 aliphatic carbocycles. The van der Waals surface area contributed by atoms with Crippen LogP contribution >= 0.6 is 11.8 Å². The van der Waals surface area contributed by atoms with Crippen LogP contribution in [0.25, 0.3) is 17.4 Å². The lowest BCUT2D eigenvalue weighted by Crippen LogP contribution is -2.32. The van der Waals surface area contributed by atoms with E-state index in [9.17, 15) is 19.7 Å². The van der Waals surface area contributed by atoms with Crippen molar-refractivity contribution in [2.24, 2.45) is 0 Å². The van der Waals surface area contributed by atoms with Gasteiger partial charge < -0.3 is 9.15 Å². The Kier molecular flexibility index (Phi) is 6.56. The molecule has 174 valence electrons. The van der Waals surface area contributed by atoms with E-state index in [1.807, 2.05) is 37.3 Å². The smallest absolute Gasteiger partial charge is 0.293 e. The maximum atomic E-state index is 12.7. The van der Waals surface area contributed by atoms with Crippen LogP contribution in [0, 0.1) is 30.9 Å². The Bertz CT molecular complexity index is 1310. The van der Waals surface area contributed by atoms with Gasteiger partial charge >= 0.3 is 0 Å². The molecule has 0 N–H and O–H groups in total. The molecule has 2 aromatic carbocycles. The van der Waals surface area contributed by atoms with E-state index in [0.717, 1.165) is 27.8 Å². The molecule has 0 atom stereocenters. The van der Waals surface area contributed by atoms with Crippen LogP contribution in [0.15, 0.2) is 57.9 Å². The van der Waals surface area contributed by atoms with E-state index in [2.05, 4.69) is 0 Å². The van der Waals surface area contributed by atoms with Crippen molar-refractivity contribution >= 4 is 34.7 Å². The second-order valence-corrected chi connectivity index (χ2v) is 8.88. The molecule has 0 unspecified atom stereocenters. The van der Waals surface area contributed by atoms with Gasteiger partial charge in [0.05, 0.1) is 16.4 Å². The van der Waals surface area contributed by atoms with Gasteiger partial charge in [-0.1, -0.05) is 17.7 Å². The Balaban J connectivity index is 1.46. The Labute approximate surface area is 200 Å². The molecule has 0 saturated carbocycles. The number of nitro benzene ring substituents is 1. The highest BCUT2D eigenvalue weighted by atomic mass is 32.2. The van der Waals surface area contributed by atoms with Crippen LogP contribution in [0.5, 0.6) is 5.75 Å². The van der Waals surface area contributed by atoms with E-state index >= 15 is 0 Å². The van der Waals surface area contributed by atoms with Gasteiger partial charge in [0.15, 0.2) is 0 Å². The van der Waals surface area contributed by atoms with Gasteiger partial charge in [-0.2, -0.15) is 0 Å². The number of carbonyl (C=O) groups excluding carboxylic acids is 2. The Morgan fingerprint density at radius 2 is 1.82 bits per heavy atom. The summed E-state index contributed by atoms with van der Waals surface area (Å²) >= 11 is 0.834. The molecule has 0 radical (unpaired) electrons. The number of hydrogen-bond acceptors (Lipinski definition) is 7. The van der Waals surface area contributed by atoms with Gasteiger partial charge in [-0.3, -0.25) is 24.6 Å². The summed E-state index contributed by atoms with van der Waals surface area (Å²) in [6.07, 6.45) is 1.50. The van der Waals surface area contributed by atoms with Crippen LogP contribution in [-0.2, 0) is 4.79 Å². The number of nitrogens with zero attached hydrogens (tertiary/aromatic N) is 2. The number of thioether (sulfide) groups is 1. The molecule has 1 aliphatic heterocycles. The highest BCUT2D eigenvalue weighted by Crippen LogP contribution is 2.34. The SMILES string of the molecule is Cc1ccc(OCCN2C(=O)S/C(=C\c3ccc(-c4cc(C)c(C)c([N+](=O)[O-])c4)o3)C2=O)cc1. The number of benzene rings is 2. The number of imide groups is 1. The van der Waals surface area contributed by atoms with Crippen LogP contribution in [0.2, 0.25) is 0 Å². The minimum Gasteiger partial charge on any atom is -0.492 e. The first-order valence-corrected chi connectivity index (χ1v) is 11.4. The average Bonchev–Trinajstić information content (AvgIpc) is 3.36. The molecule has 4 rings (SSSR count). The van der Waals surface area contributed by atoms with Crippen molar-refractivity contribution in [3.63, 3.8) is 0 Å². The highest BCUT2D eigenvalue weighted by molar-refractivity contribution is 8.18. The molecular weight excluding hydrogens is 456 g/mol. The molecule has 1 saturated heterocycles. The van der Waals surface area contributed by atoms with Gasteiger partial charge in [0.2, 0.25) is 0 Å². The fourth-order valence-corrected chi connectivity index (χ4v) is 4.31. The molecule has 34 heavy (non-hydrogen) atoms. The van der Waals surface area contributed by atoms with E-state index in [0.29, 0.717) is 28.4 Å². The Morgan fingerprint density at radius 1 is 1.09 bits per heavy atom. The summed E-state index contributed by atoms with van der Waals surface area (Å²) in [5, 5.41) is 11.0. The zero-order chi connectivity index (χ0) is 24.4. The summed E-state index contributed by atoms with van der Waals surface area (Å²) in [6, 6.07) is 14.1. The van der Waals surface area contributed by atoms with Crippen LogP contribution < -0.4 is 4.74 Å². The van der Waals surface area contributed by atoms with Crippen molar-refractivity contribution in [2.45, 2.75) is 20.8 Å². The minimum atomic E-state index is -0.422. The first-order valence-electron chi connectivity index (χ1n) is 10.5. The molecule has 0 bridgehead atoms. The summed E-state index contributed by atoms with van der Waals surface area (Å²) in [6.45, 7) is 5.79. The number of amides is 2. The quantitative estimate of drug-likeness (QED) is 0.237. The third-order valence-corrected chi connectivity index (χ3v) is 6.41. The molecule has 1 aromatic heterocycles. The molecule has 9 heteroatoms. The fourth-order valence-electron chi connectivity index (χ4n) is 3.47. The third-order valence-electron chi connectivity index (χ3n) is 5.50. The monoisotopic (exact) mass is 478 g/mol. The lowest BCUT2D eigenvalue weighted by atomic mass is 10.0. The zero-order valence-corrected chi connectivity index (χ0v) is 19.7. The van der Waals surface area contributed by atoms with Crippen molar-refractivity contribution in [1.82, 2.24) is 4.90 Å². The maximum Gasteiger partial charge on any atom is 0.293 e. The molecule has 2 heterocycles. The van der Waals surface area contributed by atoms with Gasteiger partial charge in [0, 0.05) is 23.3 Å². The highest BCUT2D eigenvalue weighted by Gasteiger charge is 2.35. The topological polar surface area (TPSA) is 103 Å². The number of furan rings is 1. The number of hydrogen-bond donors (Lipinski definition) is 0. The predicted molar refractivity (Wildman–Crippen MR) is 130 cm³/mol. The summed E-state index contributed by atoms with van der Waals surface area (Å²) in [4.78, 5) is 37.4. The lowest BCUT2D eigenvalue weighted by Gasteiger charge is -2.13. The standard InChI is InChI=1S/C25H22N2O6S/c1-15-4-6-19(7-5-15)32-11-10-26-24(28)23(34-25(26)29)14-20-8-9-22(33-20)18-12-16(2)17(3)21(13-18)27(30)31/h4-9,12-14H,10-11H2,1-3H3/b23-14-. The fraction of sp³-hybridized carbons (Fsp3) is 0.200. The van der Waals surface area contributed by atoms with E-state index in [1.165, 1.54) is 12.1 Å². The summed E-state index contributed by atoms with van der Waals surface area (Å²) in [7, 11) is 0. The Morgan fingerprint density at radius 3 is 2.53 bits per heavy atom. The van der Waals surface area contributed by atoms with Gasteiger partial charge in [-0.05, 0) is 68.4 Å². The van der Waals surface area contributed by atoms with Crippen molar-refractivity contribution in [1.29, 1.82) is 0 Å². The van der Waals surface area contributed by atoms with Crippen molar-refractivity contribution in [3.05, 3.63) is 86.0 Å². The normalized spacial score (nSPS) is 14.8. The Hall–Kier alpha value is -3.85. The average molecular weight is 479 g/mol. The van der Waals surface area contributed by atoms with Crippen LogP contribution in [0.3, 0.4) is 0 Å². The first kappa shape index (κ1) is 23.3. The van der Waals surface area contributed by atoms with E-state index < -0.39 is 10.8 Å². The molecule has 0 spiro atoms. The van der Waals surface area contributed by atoms with E-state index in [-0.39, 0.29) is 29.0 Å². The second kappa shape index (κ2) is 9.56. The van der Waals surface area contributed by atoms with Gasteiger partial charge in [0.25, 0.3) is 16.8 Å². The number of rotatable bonds is 7. The molecule has 3 aromatic rings. The minimum absolute atomic E-state index is 0.0157. The number of ether oxygens (including phenoxy) is 1. The van der Waals surface area contributed by atoms with E-state index in [4.69, 9.17) is 9.15 Å². The third kappa shape index (κ3) is 4.89. The lowest BCUT2D eigenvalue weighted by molar-refractivity contribution is -0.385. The maximum absolute atomic E-state index is 12.7. The molecular formula is C25H22N2O6S.